The second-order valence-corrected chi connectivity index (χ2v) is 1.81. The molecule has 0 spiro atoms. The maximum absolute atomic E-state index is 10.1. The van der Waals surface area contributed by atoms with Crippen LogP contribution in [-0.4, -0.2) is 24.2 Å². The predicted molar refractivity (Wildman–Crippen MR) is 45.3 cm³/mol. The molecule has 5 heteroatoms. The summed E-state index contributed by atoms with van der Waals surface area (Å²) in [7, 11) is 0. The molecule has 1 aliphatic rings. The summed E-state index contributed by atoms with van der Waals surface area (Å²) in [5, 5.41) is 10.2. The molecule has 66 valence electrons. The SMILES string of the molecule is CC1=CNC1=O.Cl.NCCO. The molecule has 0 saturated carbocycles. The number of carbonyl (C=O) groups is 1. The van der Waals surface area contributed by atoms with Crippen LogP contribution in [0.2, 0.25) is 0 Å². The van der Waals surface area contributed by atoms with E-state index in [0.29, 0.717) is 6.54 Å². The zero-order valence-corrected chi connectivity index (χ0v) is 7.15. The quantitative estimate of drug-likeness (QED) is 0.504. The highest BCUT2D eigenvalue weighted by molar-refractivity contribution is 5.99. The van der Waals surface area contributed by atoms with Crippen molar-refractivity contribution in [3.8, 4) is 0 Å². The van der Waals surface area contributed by atoms with Crippen LogP contribution in [0, 0.1) is 0 Å². The Morgan fingerprint density at radius 3 is 2.09 bits per heavy atom. The molecule has 1 rings (SSSR count). The third kappa shape index (κ3) is 5.84. The molecule has 0 atom stereocenters. The first-order chi connectivity index (χ1) is 4.72. The van der Waals surface area contributed by atoms with Crippen LogP contribution in [0.15, 0.2) is 11.8 Å². The fourth-order valence-electron chi connectivity index (χ4n) is 0.275. The first kappa shape index (κ1) is 13.0. The van der Waals surface area contributed by atoms with Gasteiger partial charge in [0.15, 0.2) is 0 Å². The molecule has 0 fully saturated rings. The average molecular weight is 181 g/mol. The highest BCUT2D eigenvalue weighted by Crippen LogP contribution is 1.97. The second kappa shape index (κ2) is 7.53. The third-order valence-corrected chi connectivity index (χ3v) is 0.907. The third-order valence-electron chi connectivity index (χ3n) is 0.907. The molecule has 0 saturated heterocycles. The molecule has 0 aromatic rings. The van der Waals surface area contributed by atoms with E-state index >= 15 is 0 Å². The Morgan fingerprint density at radius 1 is 1.73 bits per heavy atom. The first-order valence-corrected chi connectivity index (χ1v) is 3.01. The van der Waals surface area contributed by atoms with Crippen molar-refractivity contribution in [1.29, 1.82) is 0 Å². The Labute approximate surface area is 71.9 Å². The van der Waals surface area contributed by atoms with Crippen molar-refractivity contribution in [2.75, 3.05) is 13.2 Å². The maximum Gasteiger partial charge on any atom is 0.252 e. The largest absolute Gasteiger partial charge is 0.395 e. The van der Waals surface area contributed by atoms with Crippen LogP contribution in [0.4, 0.5) is 0 Å². The summed E-state index contributed by atoms with van der Waals surface area (Å²) in [6, 6.07) is 0. The van der Waals surface area contributed by atoms with Crippen LogP contribution in [0.25, 0.3) is 0 Å². The van der Waals surface area contributed by atoms with E-state index in [4.69, 9.17) is 10.8 Å². The van der Waals surface area contributed by atoms with Gasteiger partial charge in [0.1, 0.15) is 0 Å². The molecular formula is C6H13ClN2O2. The summed E-state index contributed by atoms with van der Waals surface area (Å²) in [6.45, 7) is 2.25. The summed E-state index contributed by atoms with van der Waals surface area (Å²) in [4.78, 5) is 10.1. The summed E-state index contributed by atoms with van der Waals surface area (Å²) in [6.07, 6.45) is 1.68. The van der Waals surface area contributed by atoms with Crippen molar-refractivity contribution in [3.05, 3.63) is 11.8 Å². The van der Waals surface area contributed by atoms with Gasteiger partial charge in [-0.3, -0.25) is 4.79 Å². The predicted octanol–water partition coefficient (Wildman–Crippen LogP) is -0.621. The van der Waals surface area contributed by atoms with Crippen LogP contribution in [0.3, 0.4) is 0 Å². The van der Waals surface area contributed by atoms with Crippen molar-refractivity contribution < 1.29 is 9.90 Å². The van der Waals surface area contributed by atoms with Gasteiger partial charge >= 0.3 is 0 Å². The zero-order chi connectivity index (χ0) is 7.98. The van der Waals surface area contributed by atoms with Gasteiger partial charge in [0.25, 0.3) is 5.91 Å². The summed E-state index contributed by atoms with van der Waals surface area (Å²) < 4.78 is 0. The van der Waals surface area contributed by atoms with Crippen LogP contribution < -0.4 is 11.1 Å². The average Bonchev–Trinajstić information content (AvgIpc) is 2.01. The van der Waals surface area contributed by atoms with Crippen LogP contribution >= 0.6 is 12.4 Å². The number of aliphatic hydroxyl groups excluding tert-OH is 1. The van der Waals surface area contributed by atoms with E-state index in [0.717, 1.165) is 5.57 Å². The fourth-order valence-corrected chi connectivity index (χ4v) is 0.275. The van der Waals surface area contributed by atoms with Crippen molar-refractivity contribution in [2.24, 2.45) is 5.73 Å². The van der Waals surface area contributed by atoms with E-state index < -0.39 is 0 Å². The van der Waals surface area contributed by atoms with Gasteiger partial charge in [-0.05, 0) is 6.92 Å². The molecule has 0 unspecified atom stereocenters. The normalized spacial score (nSPS) is 12.6. The lowest BCUT2D eigenvalue weighted by Crippen LogP contribution is -2.28. The first-order valence-electron chi connectivity index (χ1n) is 3.01. The van der Waals surface area contributed by atoms with Gasteiger partial charge in [0, 0.05) is 18.3 Å². The molecule has 0 bridgehead atoms. The van der Waals surface area contributed by atoms with Gasteiger partial charge in [-0.1, -0.05) is 0 Å². The number of nitrogens with one attached hydrogen (secondary N) is 1. The van der Waals surface area contributed by atoms with Gasteiger partial charge < -0.3 is 16.2 Å². The number of aliphatic hydroxyl groups is 1. The molecule has 0 aliphatic carbocycles. The number of amides is 1. The topological polar surface area (TPSA) is 75.4 Å². The van der Waals surface area contributed by atoms with Crippen LogP contribution in [0.5, 0.6) is 0 Å². The number of carbonyl (C=O) groups excluding carboxylic acids is 1. The Morgan fingerprint density at radius 2 is 2.09 bits per heavy atom. The van der Waals surface area contributed by atoms with Crippen molar-refractivity contribution in [1.82, 2.24) is 5.32 Å². The van der Waals surface area contributed by atoms with E-state index in [2.05, 4.69) is 5.32 Å². The fraction of sp³-hybridized carbons (Fsp3) is 0.500. The molecule has 1 heterocycles. The van der Waals surface area contributed by atoms with E-state index in [1.165, 1.54) is 0 Å². The standard InChI is InChI=1S/C4H5NO.C2H7NO.ClH/c1-3-2-5-4(3)6;3-1-2-4;/h2H,1H3,(H,5,6);4H,1-3H2;1H. The lowest BCUT2D eigenvalue weighted by molar-refractivity contribution is -0.118. The maximum atomic E-state index is 10.1. The molecule has 0 aromatic heterocycles. The molecule has 1 aliphatic heterocycles. The highest BCUT2D eigenvalue weighted by atomic mass is 35.5. The minimum atomic E-state index is 0. The van der Waals surface area contributed by atoms with Crippen LogP contribution in [-0.2, 0) is 4.79 Å². The van der Waals surface area contributed by atoms with Gasteiger partial charge in [-0.25, -0.2) is 0 Å². The number of rotatable bonds is 1. The lowest BCUT2D eigenvalue weighted by Gasteiger charge is -2.07. The molecule has 0 aromatic carbocycles. The van der Waals surface area contributed by atoms with E-state index in [1.54, 1.807) is 13.1 Å². The molecule has 4 nitrogen and oxygen atoms in total. The minimum absolute atomic E-state index is 0. The van der Waals surface area contributed by atoms with Crippen molar-refractivity contribution >= 4 is 18.3 Å². The summed E-state index contributed by atoms with van der Waals surface area (Å²) >= 11 is 0. The Bertz CT molecular complexity index is 146. The summed E-state index contributed by atoms with van der Waals surface area (Å²) in [5.41, 5.74) is 5.59. The Hall–Kier alpha value is -0.580. The van der Waals surface area contributed by atoms with E-state index in [-0.39, 0.29) is 24.9 Å². The molecular weight excluding hydrogens is 168 g/mol. The zero-order valence-electron chi connectivity index (χ0n) is 6.33. The lowest BCUT2D eigenvalue weighted by atomic mass is 10.2. The Kier molecular flexibility index (Phi) is 8.92. The smallest absolute Gasteiger partial charge is 0.252 e. The molecule has 11 heavy (non-hydrogen) atoms. The van der Waals surface area contributed by atoms with Crippen LogP contribution in [0.1, 0.15) is 6.92 Å². The molecule has 1 amide bonds. The number of nitrogens with two attached hydrogens (primary N) is 1. The second-order valence-electron chi connectivity index (χ2n) is 1.81. The Balaban J connectivity index is 0. The van der Waals surface area contributed by atoms with Gasteiger partial charge in [0.05, 0.1) is 6.61 Å². The van der Waals surface area contributed by atoms with Gasteiger partial charge in [-0.15, -0.1) is 12.4 Å². The number of hydrogen-bond acceptors (Lipinski definition) is 3. The highest BCUT2D eigenvalue weighted by Gasteiger charge is 2.08. The van der Waals surface area contributed by atoms with Gasteiger partial charge in [-0.2, -0.15) is 0 Å². The van der Waals surface area contributed by atoms with Gasteiger partial charge in [0.2, 0.25) is 0 Å². The van der Waals surface area contributed by atoms with E-state index in [1.807, 2.05) is 0 Å². The van der Waals surface area contributed by atoms with Crippen molar-refractivity contribution in [3.63, 3.8) is 0 Å². The summed E-state index contributed by atoms with van der Waals surface area (Å²) in [5.74, 6) is 0.0509. The minimum Gasteiger partial charge on any atom is -0.395 e. The van der Waals surface area contributed by atoms with E-state index in [9.17, 15) is 4.79 Å². The molecule has 0 radical (unpaired) electrons. The number of hydrogen-bond donors (Lipinski definition) is 3. The van der Waals surface area contributed by atoms with Crippen molar-refractivity contribution in [2.45, 2.75) is 6.92 Å². The molecule has 4 N–H and O–H groups in total. The number of halogens is 1. The monoisotopic (exact) mass is 180 g/mol.